The molecule has 10 aromatic rings. The Morgan fingerprint density at radius 1 is 0.632 bits per heavy atom. The Morgan fingerprint density at radius 2 is 1.07 bits per heavy atom. The van der Waals surface area contributed by atoms with Crippen LogP contribution in [0, 0.1) is 34.3 Å². The Bertz CT molecular complexity index is 3840. The number of aromatic nitrogens is 8. The van der Waals surface area contributed by atoms with Gasteiger partial charge in [0, 0.05) is 65.6 Å². The van der Waals surface area contributed by atoms with E-state index in [1.165, 1.54) is 53.1 Å². The standard InChI is InChI=1S/C26H20FN7OS.C20H17BFN5O2S.C6H5BrN2O/c1-3-19-25(33(2)26-32-23(21(12-28)36-26)15-4-8-18(27)9-5-15)34-14-17(7-11-22(34)31-19)16-6-10-20(24(29)35)30-13-16;1-3-15-19(27-11-13(21(28)29)6-9-17(27)24-15)26(2)20-25-18(16(10-23)30-20)12-4-7-14(22)8-5-12;7-4-1-2-5(6(8)10)9-3-4/h4-11,13-14H,3H2,1-2H3,(H2,29,35);4-9,11,28-29H,3H2,1-2H3;1-3H,(H2,8,10). The summed E-state index contributed by atoms with van der Waals surface area (Å²) in [5.74, 6) is -0.252. The number of benzene rings is 2. The molecule has 8 aromatic heterocycles. The zero-order valence-electron chi connectivity index (χ0n) is 40.7. The number of nitrogens with zero attached hydrogens (tertiary/aromatic N) is 12. The van der Waals surface area contributed by atoms with E-state index in [0.717, 1.165) is 44.3 Å². The van der Waals surface area contributed by atoms with Crippen LogP contribution in [0.25, 0.3) is 44.9 Å². The molecule has 0 aliphatic carbocycles. The summed E-state index contributed by atoms with van der Waals surface area (Å²) >= 11 is 5.67. The van der Waals surface area contributed by atoms with Gasteiger partial charge in [-0.3, -0.25) is 23.4 Å². The monoisotopic (exact) mass is 1120 g/mol. The fourth-order valence-electron chi connectivity index (χ4n) is 7.76. The van der Waals surface area contributed by atoms with Crippen molar-refractivity contribution in [1.29, 1.82) is 10.5 Å². The molecule has 24 heteroatoms. The molecule has 0 fully saturated rings. The van der Waals surface area contributed by atoms with Crippen molar-refractivity contribution in [3.63, 3.8) is 0 Å². The minimum Gasteiger partial charge on any atom is -0.423 e. The van der Waals surface area contributed by atoms with Crippen LogP contribution in [0.1, 0.15) is 56.0 Å². The van der Waals surface area contributed by atoms with Crippen LogP contribution in [0.3, 0.4) is 0 Å². The Balaban J connectivity index is 0.000000172. The van der Waals surface area contributed by atoms with E-state index in [0.29, 0.717) is 66.5 Å². The van der Waals surface area contributed by atoms with E-state index in [-0.39, 0.29) is 23.0 Å². The molecule has 8 heterocycles. The zero-order valence-corrected chi connectivity index (χ0v) is 43.9. The van der Waals surface area contributed by atoms with Gasteiger partial charge in [0.25, 0.3) is 11.8 Å². The Hall–Kier alpha value is -8.78. The first-order valence-corrected chi connectivity index (χ1v) is 25.3. The fourth-order valence-corrected chi connectivity index (χ4v) is 9.69. The van der Waals surface area contributed by atoms with Crippen LogP contribution < -0.4 is 26.7 Å². The SMILES string of the molecule is CCc1nc2ccc(-c3ccc(C(N)=O)nc3)cn2c1N(C)c1nc(-c2ccc(F)cc2)c(C#N)s1.CCc1nc2ccc(B(O)O)cn2c1N(C)c1nc(-c2ccc(F)cc2)c(C#N)s1.NC(=O)c1ccc(Br)cn1. The predicted octanol–water partition coefficient (Wildman–Crippen LogP) is 8.38. The normalized spacial score (nSPS) is 10.7. The lowest BCUT2D eigenvalue weighted by Crippen LogP contribution is -2.30. The van der Waals surface area contributed by atoms with Crippen molar-refractivity contribution in [2.75, 3.05) is 23.9 Å². The summed E-state index contributed by atoms with van der Waals surface area (Å²) in [6, 6.07) is 30.0. The number of nitriles is 2. The van der Waals surface area contributed by atoms with Crippen molar-refractivity contribution >= 4 is 96.2 Å². The number of fused-ring (bicyclic) bond motifs is 2. The molecule has 0 unspecified atom stereocenters. The summed E-state index contributed by atoms with van der Waals surface area (Å²) in [6.07, 6.45) is 8.05. The highest BCUT2D eigenvalue weighted by atomic mass is 79.9. The van der Waals surface area contributed by atoms with Gasteiger partial charge in [-0.1, -0.05) is 48.7 Å². The van der Waals surface area contributed by atoms with E-state index in [9.17, 15) is 38.9 Å². The largest absolute Gasteiger partial charge is 0.489 e. The highest BCUT2D eigenvalue weighted by Gasteiger charge is 2.25. The molecule has 0 saturated carbocycles. The maximum atomic E-state index is 13.4. The number of anilines is 4. The summed E-state index contributed by atoms with van der Waals surface area (Å²) in [7, 11) is 2.10. The Kier molecular flexibility index (Phi) is 16.3. The number of nitrogens with two attached hydrogens (primary N) is 2. The number of imidazole rings is 2. The minimum absolute atomic E-state index is 0.199. The molecule has 0 atom stereocenters. The third kappa shape index (κ3) is 11.5. The lowest BCUT2D eigenvalue weighted by molar-refractivity contribution is 0.0987. The van der Waals surface area contributed by atoms with Gasteiger partial charge in [0.2, 0.25) is 0 Å². The van der Waals surface area contributed by atoms with E-state index in [1.807, 2.05) is 60.5 Å². The van der Waals surface area contributed by atoms with Crippen molar-refractivity contribution in [3.05, 3.63) is 170 Å². The summed E-state index contributed by atoms with van der Waals surface area (Å²) in [4.78, 5) is 53.1. The minimum atomic E-state index is -1.60. The van der Waals surface area contributed by atoms with Crippen LogP contribution in [0.4, 0.5) is 30.7 Å². The molecule has 2 aromatic carbocycles. The van der Waals surface area contributed by atoms with Crippen LogP contribution >= 0.6 is 38.6 Å². The molecular formula is C52H42BBrF2N14O4S2. The predicted molar refractivity (Wildman–Crippen MR) is 292 cm³/mol. The summed E-state index contributed by atoms with van der Waals surface area (Å²) in [5, 5.41) is 39.6. The van der Waals surface area contributed by atoms with Crippen LogP contribution in [0.2, 0.25) is 0 Å². The molecule has 0 aliphatic rings. The molecule has 18 nitrogen and oxygen atoms in total. The van der Waals surface area contributed by atoms with Gasteiger partial charge in [-0.25, -0.2) is 33.7 Å². The second-order valence-corrected chi connectivity index (χ2v) is 19.3. The second kappa shape index (κ2) is 23.2. The highest BCUT2D eigenvalue weighted by Crippen LogP contribution is 2.39. The van der Waals surface area contributed by atoms with E-state index in [2.05, 4.69) is 48.0 Å². The third-order valence-corrected chi connectivity index (χ3v) is 14.1. The number of carbonyl (C=O) groups excluding carboxylic acids is 2. The first kappa shape index (κ1) is 53.5. The van der Waals surface area contributed by atoms with Crippen LogP contribution in [-0.2, 0) is 12.8 Å². The lowest BCUT2D eigenvalue weighted by Gasteiger charge is -2.17. The van der Waals surface area contributed by atoms with Crippen LogP contribution in [-0.4, -0.2) is 81.8 Å². The fraction of sp³-hybridized carbons (Fsp3) is 0.115. The molecule has 6 N–H and O–H groups in total. The van der Waals surface area contributed by atoms with Gasteiger partial charge < -0.3 is 31.3 Å². The molecule has 10 rings (SSSR count). The molecule has 76 heavy (non-hydrogen) atoms. The van der Waals surface area contributed by atoms with E-state index < -0.39 is 18.9 Å². The Morgan fingerprint density at radius 3 is 1.47 bits per heavy atom. The van der Waals surface area contributed by atoms with Crippen molar-refractivity contribution in [3.8, 4) is 45.8 Å². The number of hydrogen-bond donors (Lipinski definition) is 4. The molecule has 0 spiro atoms. The lowest BCUT2D eigenvalue weighted by atomic mass is 9.82. The van der Waals surface area contributed by atoms with E-state index in [4.69, 9.17) is 21.4 Å². The summed E-state index contributed by atoms with van der Waals surface area (Å²) in [5.41, 5.74) is 18.2. The van der Waals surface area contributed by atoms with Gasteiger partial charge >= 0.3 is 7.12 Å². The first-order chi connectivity index (χ1) is 36.5. The quantitative estimate of drug-likeness (QED) is 0.0838. The zero-order chi connectivity index (χ0) is 54.4. The maximum Gasteiger partial charge on any atom is 0.489 e. The number of aryl methyl sites for hydroxylation is 2. The van der Waals surface area contributed by atoms with E-state index >= 15 is 0 Å². The summed E-state index contributed by atoms with van der Waals surface area (Å²) in [6.45, 7) is 4.01. The number of pyridine rings is 4. The molecular weight excluding hydrogens is 1080 g/mol. The molecule has 2 amide bonds. The Labute approximate surface area is 449 Å². The van der Waals surface area contributed by atoms with Gasteiger partial charge in [-0.2, -0.15) is 10.5 Å². The number of rotatable bonds is 12. The van der Waals surface area contributed by atoms with E-state index in [1.54, 1.807) is 77.5 Å². The smallest absolute Gasteiger partial charge is 0.423 e. The molecule has 0 radical (unpaired) electrons. The molecule has 380 valence electrons. The van der Waals surface area contributed by atoms with Crippen molar-refractivity contribution in [2.45, 2.75) is 26.7 Å². The number of hydrogen-bond acceptors (Lipinski definition) is 16. The second-order valence-electron chi connectivity index (χ2n) is 16.4. The number of halogens is 3. The first-order valence-electron chi connectivity index (χ1n) is 22.9. The average molecular weight is 1120 g/mol. The summed E-state index contributed by atoms with van der Waals surface area (Å²) < 4.78 is 31.3. The number of amides is 2. The van der Waals surface area contributed by atoms with Crippen molar-refractivity contribution in [1.82, 2.24) is 38.7 Å². The topological polar surface area (TPSA) is 267 Å². The van der Waals surface area contributed by atoms with Gasteiger partial charge in [0.15, 0.2) is 10.3 Å². The molecule has 0 aliphatic heterocycles. The molecule has 0 bridgehead atoms. The van der Waals surface area contributed by atoms with Gasteiger partial charge in [0.05, 0.1) is 11.4 Å². The average Bonchev–Trinajstić information content (AvgIpc) is 4.24. The third-order valence-electron chi connectivity index (χ3n) is 11.5. The highest BCUT2D eigenvalue weighted by molar-refractivity contribution is 9.10. The maximum absolute atomic E-state index is 13.4. The van der Waals surface area contributed by atoms with Gasteiger partial charge in [0.1, 0.15) is 79.2 Å². The number of thiazole rings is 2. The van der Waals surface area contributed by atoms with Crippen molar-refractivity contribution in [2.24, 2.45) is 11.5 Å². The van der Waals surface area contributed by atoms with Crippen LogP contribution in [0.5, 0.6) is 0 Å². The molecule has 0 saturated heterocycles. The van der Waals surface area contributed by atoms with Gasteiger partial charge in [-0.05, 0) is 119 Å². The number of primary amides is 2. The van der Waals surface area contributed by atoms with Gasteiger partial charge in [-0.15, -0.1) is 0 Å². The van der Waals surface area contributed by atoms with Crippen molar-refractivity contribution < 1.29 is 28.4 Å². The number of carbonyl (C=O) groups is 2. The van der Waals surface area contributed by atoms with Crippen LogP contribution in [0.15, 0.2) is 126 Å².